The fourth-order valence-corrected chi connectivity index (χ4v) is 1.86. The van der Waals surface area contributed by atoms with Crippen LogP contribution >= 0.6 is 0 Å². The zero-order chi connectivity index (χ0) is 12.7. The predicted octanol–water partition coefficient (Wildman–Crippen LogP) is 3.13. The molecule has 0 radical (unpaired) electrons. The van der Waals surface area contributed by atoms with E-state index in [1.54, 1.807) is 0 Å². The summed E-state index contributed by atoms with van der Waals surface area (Å²) in [5.41, 5.74) is 1.14. The van der Waals surface area contributed by atoms with Crippen molar-refractivity contribution in [3.63, 3.8) is 0 Å². The van der Waals surface area contributed by atoms with E-state index < -0.39 is 0 Å². The van der Waals surface area contributed by atoms with Gasteiger partial charge in [-0.2, -0.15) is 0 Å². The van der Waals surface area contributed by atoms with Crippen LogP contribution in [0.25, 0.3) is 0 Å². The van der Waals surface area contributed by atoms with Gasteiger partial charge in [-0.1, -0.05) is 13.0 Å². The van der Waals surface area contributed by atoms with Crippen molar-refractivity contribution in [2.75, 3.05) is 18.4 Å². The molecule has 0 aliphatic heterocycles. The van der Waals surface area contributed by atoms with Crippen LogP contribution in [0.1, 0.15) is 39.8 Å². The first-order valence-electron chi connectivity index (χ1n) is 6.61. The number of aromatic nitrogens is 1. The quantitative estimate of drug-likeness (QED) is 0.787. The third kappa shape index (κ3) is 4.73. The van der Waals surface area contributed by atoms with Crippen LogP contribution in [0.5, 0.6) is 0 Å². The van der Waals surface area contributed by atoms with Crippen LogP contribution in [-0.4, -0.2) is 29.0 Å². The van der Waals surface area contributed by atoms with Crippen LogP contribution in [0, 0.1) is 0 Å². The predicted molar refractivity (Wildman–Crippen MR) is 74.2 cm³/mol. The Balaban J connectivity index is 2.68. The van der Waals surface area contributed by atoms with Crippen LogP contribution in [0.2, 0.25) is 0 Å². The van der Waals surface area contributed by atoms with Gasteiger partial charge in [0.15, 0.2) is 0 Å². The smallest absolute Gasteiger partial charge is 0.126 e. The number of rotatable bonds is 7. The van der Waals surface area contributed by atoms with Crippen LogP contribution in [0.4, 0.5) is 5.82 Å². The monoisotopic (exact) mass is 235 g/mol. The van der Waals surface area contributed by atoms with E-state index in [1.165, 1.54) is 6.42 Å². The van der Waals surface area contributed by atoms with E-state index in [0.717, 1.165) is 31.1 Å². The van der Waals surface area contributed by atoms with E-state index in [0.29, 0.717) is 6.04 Å². The van der Waals surface area contributed by atoms with Crippen molar-refractivity contribution in [2.45, 2.75) is 46.7 Å². The summed E-state index contributed by atoms with van der Waals surface area (Å²) in [6, 6.07) is 6.77. The Kier molecular flexibility index (Phi) is 5.98. The highest BCUT2D eigenvalue weighted by molar-refractivity contribution is 5.34. The Morgan fingerprint density at radius 2 is 2.06 bits per heavy atom. The highest BCUT2D eigenvalue weighted by atomic mass is 15.2. The van der Waals surface area contributed by atoms with Crippen molar-refractivity contribution in [1.82, 2.24) is 9.88 Å². The van der Waals surface area contributed by atoms with Gasteiger partial charge in [-0.05, 0) is 45.9 Å². The molecule has 0 fully saturated rings. The lowest BCUT2D eigenvalue weighted by molar-refractivity contribution is 0.211. The maximum atomic E-state index is 4.61. The number of nitrogens with one attached hydrogen (secondary N) is 1. The molecule has 3 heteroatoms. The Morgan fingerprint density at radius 3 is 2.65 bits per heavy atom. The standard InChI is InChI=1S/C14H25N3/c1-5-10-17(12(3)4)11-13-8-7-9-14(16-13)15-6-2/h7-9,12H,5-6,10-11H2,1-4H3,(H,15,16). The van der Waals surface area contributed by atoms with Gasteiger partial charge in [-0.3, -0.25) is 4.90 Å². The molecule has 1 aromatic heterocycles. The summed E-state index contributed by atoms with van der Waals surface area (Å²) >= 11 is 0. The minimum Gasteiger partial charge on any atom is -0.370 e. The van der Waals surface area contributed by atoms with Crippen molar-refractivity contribution in [1.29, 1.82) is 0 Å². The molecular formula is C14H25N3. The summed E-state index contributed by atoms with van der Waals surface area (Å²) in [5, 5.41) is 3.25. The summed E-state index contributed by atoms with van der Waals surface area (Å²) in [4.78, 5) is 7.07. The molecular weight excluding hydrogens is 210 g/mol. The molecule has 96 valence electrons. The minimum absolute atomic E-state index is 0.569. The van der Waals surface area contributed by atoms with E-state index >= 15 is 0 Å². The Labute approximate surface area is 105 Å². The molecule has 1 rings (SSSR count). The van der Waals surface area contributed by atoms with Gasteiger partial charge >= 0.3 is 0 Å². The first kappa shape index (κ1) is 14.0. The maximum Gasteiger partial charge on any atom is 0.126 e. The minimum atomic E-state index is 0.569. The summed E-state index contributed by atoms with van der Waals surface area (Å²) < 4.78 is 0. The van der Waals surface area contributed by atoms with Crippen LogP contribution in [0.3, 0.4) is 0 Å². The van der Waals surface area contributed by atoms with Gasteiger partial charge in [0.2, 0.25) is 0 Å². The summed E-state index contributed by atoms with van der Waals surface area (Å²) in [6.45, 7) is 11.8. The maximum absolute atomic E-state index is 4.61. The fourth-order valence-electron chi connectivity index (χ4n) is 1.86. The van der Waals surface area contributed by atoms with Crippen LogP contribution in [-0.2, 0) is 6.54 Å². The van der Waals surface area contributed by atoms with Gasteiger partial charge in [-0.15, -0.1) is 0 Å². The first-order valence-corrected chi connectivity index (χ1v) is 6.61. The van der Waals surface area contributed by atoms with Gasteiger partial charge in [0, 0.05) is 19.1 Å². The molecule has 1 aromatic rings. The SMILES string of the molecule is CCCN(Cc1cccc(NCC)n1)C(C)C. The van der Waals surface area contributed by atoms with Gasteiger partial charge in [-0.25, -0.2) is 4.98 Å². The second-order valence-electron chi connectivity index (χ2n) is 4.61. The summed E-state index contributed by atoms with van der Waals surface area (Å²) in [7, 11) is 0. The number of hydrogen-bond acceptors (Lipinski definition) is 3. The molecule has 0 aromatic carbocycles. The summed E-state index contributed by atoms with van der Waals surface area (Å²) in [5.74, 6) is 0.977. The van der Waals surface area contributed by atoms with Crippen LogP contribution < -0.4 is 5.32 Å². The lowest BCUT2D eigenvalue weighted by Gasteiger charge is -2.25. The lowest BCUT2D eigenvalue weighted by atomic mass is 10.2. The molecule has 0 bridgehead atoms. The lowest BCUT2D eigenvalue weighted by Crippen LogP contribution is -2.31. The second-order valence-corrected chi connectivity index (χ2v) is 4.61. The van der Waals surface area contributed by atoms with Crippen molar-refractivity contribution in [3.8, 4) is 0 Å². The topological polar surface area (TPSA) is 28.2 Å². The second kappa shape index (κ2) is 7.28. The van der Waals surface area contributed by atoms with E-state index in [1.807, 2.05) is 6.07 Å². The fraction of sp³-hybridized carbons (Fsp3) is 0.643. The summed E-state index contributed by atoms with van der Waals surface area (Å²) in [6.07, 6.45) is 1.19. The number of pyridine rings is 1. The number of hydrogen-bond donors (Lipinski definition) is 1. The molecule has 0 spiro atoms. The van der Waals surface area contributed by atoms with E-state index in [4.69, 9.17) is 0 Å². The number of anilines is 1. The van der Waals surface area contributed by atoms with E-state index in [9.17, 15) is 0 Å². The molecule has 17 heavy (non-hydrogen) atoms. The molecule has 0 saturated heterocycles. The molecule has 3 nitrogen and oxygen atoms in total. The highest BCUT2D eigenvalue weighted by Crippen LogP contribution is 2.10. The molecule has 1 N–H and O–H groups in total. The zero-order valence-corrected chi connectivity index (χ0v) is 11.5. The Hall–Kier alpha value is -1.09. The molecule has 0 atom stereocenters. The number of nitrogens with zero attached hydrogens (tertiary/aromatic N) is 2. The average molecular weight is 235 g/mol. The molecule has 1 heterocycles. The molecule has 0 unspecified atom stereocenters. The first-order chi connectivity index (χ1) is 8.17. The Morgan fingerprint density at radius 1 is 1.29 bits per heavy atom. The normalized spacial score (nSPS) is 11.2. The Bertz CT molecular complexity index is 323. The van der Waals surface area contributed by atoms with Crippen molar-refractivity contribution in [3.05, 3.63) is 23.9 Å². The van der Waals surface area contributed by atoms with Crippen molar-refractivity contribution >= 4 is 5.82 Å². The van der Waals surface area contributed by atoms with Crippen molar-refractivity contribution < 1.29 is 0 Å². The van der Waals surface area contributed by atoms with Crippen LogP contribution in [0.15, 0.2) is 18.2 Å². The average Bonchev–Trinajstić information content (AvgIpc) is 2.29. The largest absolute Gasteiger partial charge is 0.370 e. The highest BCUT2D eigenvalue weighted by Gasteiger charge is 2.09. The van der Waals surface area contributed by atoms with Gasteiger partial charge in [0.05, 0.1) is 5.69 Å². The van der Waals surface area contributed by atoms with E-state index in [2.05, 4.69) is 55.0 Å². The van der Waals surface area contributed by atoms with Crippen molar-refractivity contribution in [2.24, 2.45) is 0 Å². The van der Waals surface area contributed by atoms with Gasteiger partial charge < -0.3 is 5.32 Å². The third-order valence-electron chi connectivity index (χ3n) is 2.77. The van der Waals surface area contributed by atoms with Gasteiger partial charge in [0.1, 0.15) is 5.82 Å². The zero-order valence-electron chi connectivity index (χ0n) is 11.5. The van der Waals surface area contributed by atoms with E-state index in [-0.39, 0.29) is 0 Å². The molecule has 0 amide bonds. The molecule has 0 aliphatic rings. The van der Waals surface area contributed by atoms with Gasteiger partial charge in [0.25, 0.3) is 0 Å². The molecule has 0 saturated carbocycles. The third-order valence-corrected chi connectivity index (χ3v) is 2.77. The molecule has 0 aliphatic carbocycles.